The summed E-state index contributed by atoms with van der Waals surface area (Å²) in [5, 5.41) is 9.02. The molecule has 2 N–H and O–H groups in total. The summed E-state index contributed by atoms with van der Waals surface area (Å²) in [4.78, 5) is 22.6. The number of amides is 1. The van der Waals surface area contributed by atoms with Crippen molar-refractivity contribution >= 4 is 27.8 Å². The maximum atomic E-state index is 12.5. The Hall–Kier alpha value is -2.88. The van der Waals surface area contributed by atoms with Gasteiger partial charge in [0.25, 0.3) is 10.0 Å². The summed E-state index contributed by atoms with van der Waals surface area (Å²) in [5.74, 6) is 0.502. The van der Waals surface area contributed by atoms with Crippen molar-refractivity contribution in [2.75, 3.05) is 35.8 Å². The highest BCUT2D eigenvalue weighted by Crippen LogP contribution is 2.24. The molecule has 10 heteroatoms. The molecular weight excluding hydrogens is 346 g/mol. The van der Waals surface area contributed by atoms with E-state index < -0.39 is 16.1 Å². The number of nitrogens with one attached hydrogen (secondary N) is 1. The van der Waals surface area contributed by atoms with Crippen molar-refractivity contribution in [1.29, 1.82) is 0 Å². The molecule has 132 valence electrons. The van der Waals surface area contributed by atoms with Crippen molar-refractivity contribution in [3.05, 3.63) is 42.7 Å². The molecule has 0 spiro atoms. The number of sulfonamides is 1. The van der Waals surface area contributed by atoms with E-state index in [9.17, 15) is 13.2 Å². The highest BCUT2D eigenvalue weighted by Gasteiger charge is 2.25. The Morgan fingerprint density at radius 3 is 2.32 bits per heavy atom. The molecule has 0 aliphatic carbocycles. The first-order chi connectivity index (χ1) is 12.0. The lowest BCUT2D eigenvalue weighted by Crippen LogP contribution is -2.48. The van der Waals surface area contributed by atoms with Crippen LogP contribution >= 0.6 is 0 Å². The first-order valence-corrected chi connectivity index (χ1v) is 9.07. The molecule has 1 aliphatic rings. The van der Waals surface area contributed by atoms with Crippen molar-refractivity contribution in [1.82, 2.24) is 14.9 Å². The van der Waals surface area contributed by atoms with E-state index in [0.717, 1.165) is 0 Å². The normalized spacial score (nSPS) is 15.0. The molecule has 1 fully saturated rings. The van der Waals surface area contributed by atoms with E-state index in [1.807, 2.05) is 4.90 Å². The molecule has 0 saturated carbocycles. The molecule has 9 nitrogen and oxygen atoms in total. The van der Waals surface area contributed by atoms with Crippen molar-refractivity contribution in [2.24, 2.45) is 0 Å². The van der Waals surface area contributed by atoms with E-state index in [-0.39, 0.29) is 10.7 Å². The van der Waals surface area contributed by atoms with Gasteiger partial charge in [0.05, 0.1) is 4.90 Å². The summed E-state index contributed by atoms with van der Waals surface area (Å²) in [6, 6.07) is 7.98. The van der Waals surface area contributed by atoms with E-state index in [1.54, 1.807) is 18.2 Å². The first kappa shape index (κ1) is 17.0. The molecule has 3 rings (SSSR count). The van der Waals surface area contributed by atoms with Crippen molar-refractivity contribution < 1.29 is 18.3 Å². The fraction of sp³-hybridized carbons (Fsp3) is 0.267. The predicted octanol–water partition coefficient (Wildman–Crippen LogP) is 1.08. The largest absolute Gasteiger partial charge is 0.465 e. The minimum atomic E-state index is -3.78. The van der Waals surface area contributed by atoms with Gasteiger partial charge in [-0.1, -0.05) is 18.2 Å². The Morgan fingerprint density at radius 1 is 1.04 bits per heavy atom. The van der Waals surface area contributed by atoms with Gasteiger partial charge < -0.3 is 14.9 Å². The minimum absolute atomic E-state index is 0.120. The molecule has 0 unspecified atom stereocenters. The van der Waals surface area contributed by atoms with E-state index >= 15 is 0 Å². The molecule has 1 aliphatic heterocycles. The molecule has 0 radical (unpaired) electrons. The van der Waals surface area contributed by atoms with E-state index in [4.69, 9.17) is 5.11 Å². The predicted molar refractivity (Wildman–Crippen MR) is 91.1 cm³/mol. The van der Waals surface area contributed by atoms with Crippen molar-refractivity contribution in [3.63, 3.8) is 0 Å². The molecule has 1 aromatic carbocycles. The number of carboxylic acid groups (broad SMARTS) is 1. The maximum absolute atomic E-state index is 12.5. The quantitative estimate of drug-likeness (QED) is 0.835. The first-order valence-electron chi connectivity index (χ1n) is 7.59. The van der Waals surface area contributed by atoms with Crippen LogP contribution in [-0.2, 0) is 10.0 Å². The second-order valence-electron chi connectivity index (χ2n) is 5.40. The summed E-state index contributed by atoms with van der Waals surface area (Å²) >= 11 is 0. The third-order valence-corrected chi connectivity index (χ3v) is 5.17. The Morgan fingerprint density at radius 2 is 1.68 bits per heavy atom. The highest BCUT2D eigenvalue weighted by atomic mass is 32.2. The summed E-state index contributed by atoms with van der Waals surface area (Å²) in [6.45, 7) is 1.45. The van der Waals surface area contributed by atoms with Crippen LogP contribution in [0.5, 0.6) is 0 Å². The van der Waals surface area contributed by atoms with Crippen LogP contribution in [0, 0.1) is 0 Å². The van der Waals surface area contributed by atoms with Crippen molar-refractivity contribution in [2.45, 2.75) is 4.90 Å². The Labute approximate surface area is 145 Å². The van der Waals surface area contributed by atoms with Crippen LogP contribution < -0.4 is 9.62 Å². The molecule has 2 heterocycles. The van der Waals surface area contributed by atoms with Crippen LogP contribution in [0.2, 0.25) is 0 Å². The maximum Gasteiger partial charge on any atom is 0.407 e. The lowest BCUT2D eigenvalue weighted by atomic mass is 10.3. The van der Waals surface area contributed by atoms with Gasteiger partial charge in [-0.2, -0.15) is 0 Å². The zero-order valence-electron chi connectivity index (χ0n) is 13.2. The SMILES string of the molecule is O=C(O)N1CCN(c2nccnc2NS(=O)(=O)c2ccccc2)CC1. The Balaban J connectivity index is 1.82. The van der Waals surface area contributed by atoms with Gasteiger partial charge in [0.1, 0.15) is 0 Å². The van der Waals surface area contributed by atoms with Gasteiger partial charge in [-0.25, -0.2) is 23.2 Å². The third-order valence-electron chi connectivity index (χ3n) is 3.81. The molecular formula is C15H17N5O4S. The zero-order valence-corrected chi connectivity index (χ0v) is 14.1. The van der Waals surface area contributed by atoms with E-state index in [1.165, 1.54) is 29.4 Å². The third kappa shape index (κ3) is 3.79. The van der Waals surface area contributed by atoms with Crippen LogP contribution in [0.4, 0.5) is 16.4 Å². The van der Waals surface area contributed by atoms with Gasteiger partial charge in [-0.05, 0) is 12.1 Å². The number of piperazine rings is 1. The minimum Gasteiger partial charge on any atom is -0.465 e. The summed E-state index contributed by atoms with van der Waals surface area (Å²) in [5.41, 5.74) is 0. The highest BCUT2D eigenvalue weighted by molar-refractivity contribution is 7.92. The zero-order chi connectivity index (χ0) is 17.9. The standard InChI is InChI=1S/C15H17N5O4S/c21-15(22)20-10-8-19(9-11-20)14-13(16-6-7-17-14)18-25(23,24)12-4-2-1-3-5-12/h1-7H,8-11H2,(H,16,18)(H,21,22). The fourth-order valence-corrected chi connectivity index (χ4v) is 3.56. The lowest BCUT2D eigenvalue weighted by molar-refractivity contribution is 0.142. The van der Waals surface area contributed by atoms with Gasteiger partial charge >= 0.3 is 6.09 Å². The number of aromatic nitrogens is 2. The lowest BCUT2D eigenvalue weighted by Gasteiger charge is -2.34. The number of rotatable bonds is 4. The van der Waals surface area contributed by atoms with Crippen LogP contribution in [0.1, 0.15) is 0 Å². The average Bonchev–Trinajstić information content (AvgIpc) is 2.63. The number of nitrogens with zero attached hydrogens (tertiary/aromatic N) is 4. The van der Waals surface area contributed by atoms with Crippen LogP contribution in [0.3, 0.4) is 0 Å². The molecule has 25 heavy (non-hydrogen) atoms. The molecule has 0 bridgehead atoms. The van der Waals surface area contributed by atoms with Gasteiger partial charge in [0, 0.05) is 38.6 Å². The average molecular weight is 363 g/mol. The van der Waals surface area contributed by atoms with Gasteiger partial charge in [-0.3, -0.25) is 4.72 Å². The number of hydrogen-bond donors (Lipinski definition) is 2. The summed E-state index contributed by atoms with van der Waals surface area (Å²) in [6.07, 6.45) is 1.91. The molecule has 1 amide bonds. The monoisotopic (exact) mass is 363 g/mol. The Kier molecular flexibility index (Phi) is 4.70. The summed E-state index contributed by atoms with van der Waals surface area (Å²) < 4.78 is 27.5. The van der Waals surface area contributed by atoms with E-state index in [0.29, 0.717) is 32.0 Å². The van der Waals surface area contributed by atoms with Gasteiger partial charge in [0.15, 0.2) is 11.6 Å². The molecule has 0 atom stereocenters. The molecule has 2 aromatic rings. The number of hydrogen-bond acceptors (Lipinski definition) is 6. The Bertz CT molecular complexity index is 851. The molecule has 1 saturated heterocycles. The van der Waals surface area contributed by atoms with Crippen LogP contribution in [0.15, 0.2) is 47.6 Å². The van der Waals surface area contributed by atoms with E-state index in [2.05, 4.69) is 14.7 Å². The van der Waals surface area contributed by atoms with Gasteiger partial charge in [0.2, 0.25) is 0 Å². The smallest absolute Gasteiger partial charge is 0.407 e. The number of carbonyl (C=O) groups is 1. The van der Waals surface area contributed by atoms with Crippen molar-refractivity contribution in [3.8, 4) is 0 Å². The second-order valence-corrected chi connectivity index (χ2v) is 7.09. The number of anilines is 2. The number of benzene rings is 1. The van der Waals surface area contributed by atoms with Gasteiger partial charge in [-0.15, -0.1) is 0 Å². The summed E-state index contributed by atoms with van der Waals surface area (Å²) in [7, 11) is -3.78. The topological polar surface area (TPSA) is 116 Å². The molecule has 1 aromatic heterocycles. The van der Waals surface area contributed by atoms with Crippen LogP contribution in [-0.4, -0.2) is 60.7 Å². The fourth-order valence-electron chi connectivity index (χ4n) is 2.53. The van der Waals surface area contributed by atoms with Crippen LogP contribution in [0.25, 0.3) is 0 Å². The second kappa shape index (κ2) is 6.93.